The van der Waals surface area contributed by atoms with Crippen molar-refractivity contribution in [2.75, 3.05) is 18.2 Å². The topological polar surface area (TPSA) is 42.3 Å². The Kier molecular flexibility index (Phi) is 3.33. The molecule has 3 heterocycles. The minimum atomic E-state index is -0.0427. The van der Waals surface area contributed by atoms with Crippen molar-refractivity contribution in [3.8, 4) is 11.3 Å². The Bertz CT molecular complexity index is 1080. The fourth-order valence-electron chi connectivity index (χ4n) is 3.82. The Morgan fingerprint density at radius 1 is 0.960 bits per heavy atom. The van der Waals surface area contributed by atoms with Gasteiger partial charge in [-0.25, -0.2) is 0 Å². The molecule has 2 aromatic carbocycles. The summed E-state index contributed by atoms with van der Waals surface area (Å²) in [6.07, 6.45) is 0. The Labute approximate surface area is 149 Å². The van der Waals surface area contributed by atoms with Crippen LogP contribution in [0.2, 0.25) is 0 Å². The number of pyridine rings is 1. The smallest absolute Gasteiger partial charge is 0.263 e. The molecule has 3 aromatic rings. The van der Waals surface area contributed by atoms with Crippen LogP contribution in [0.5, 0.6) is 0 Å². The Balaban J connectivity index is 1.87. The van der Waals surface area contributed by atoms with Crippen LogP contribution in [-0.2, 0) is 6.54 Å². The lowest BCUT2D eigenvalue weighted by Crippen LogP contribution is -2.26. The van der Waals surface area contributed by atoms with E-state index in [1.165, 1.54) is 0 Å². The normalized spacial score (nSPS) is 16.4. The van der Waals surface area contributed by atoms with Gasteiger partial charge in [0.15, 0.2) is 5.43 Å². The van der Waals surface area contributed by atoms with E-state index in [-0.39, 0.29) is 11.3 Å². The highest BCUT2D eigenvalue weighted by atomic mass is 32.2. The van der Waals surface area contributed by atoms with E-state index in [9.17, 15) is 9.59 Å². The molecule has 0 radical (unpaired) electrons. The summed E-state index contributed by atoms with van der Waals surface area (Å²) in [5, 5.41) is 0.620. The largest absolute Gasteiger partial charge is 0.289 e. The van der Waals surface area contributed by atoms with Crippen molar-refractivity contribution >= 4 is 28.6 Å². The first-order chi connectivity index (χ1) is 12.3. The number of nitrogens with zero attached hydrogens (tertiary/aromatic N) is 2. The van der Waals surface area contributed by atoms with Gasteiger partial charge in [-0.1, -0.05) is 30.3 Å². The molecular formula is C20H16N2O2S. The van der Waals surface area contributed by atoms with Crippen molar-refractivity contribution in [3.63, 3.8) is 0 Å². The van der Waals surface area contributed by atoms with E-state index < -0.39 is 0 Å². The van der Waals surface area contributed by atoms with Crippen LogP contribution in [-0.4, -0.2) is 33.5 Å². The van der Waals surface area contributed by atoms with E-state index in [4.69, 9.17) is 0 Å². The number of thioether (sulfide) groups is 1. The maximum absolute atomic E-state index is 13.2. The molecule has 5 rings (SSSR count). The van der Waals surface area contributed by atoms with Gasteiger partial charge in [-0.05, 0) is 18.2 Å². The number of rotatable bonds is 2. The predicted molar refractivity (Wildman–Crippen MR) is 101 cm³/mol. The zero-order valence-corrected chi connectivity index (χ0v) is 14.4. The van der Waals surface area contributed by atoms with Gasteiger partial charge >= 0.3 is 0 Å². The van der Waals surface area contributed by atoms with E-state index >= 15 is 0 Å². The van der Waals surface area contributed by atoms with E-state index in [0.717, 1.165) is 35.0 Å². The summed E-state index contributed by atoms with van der Waals surface area (Å²) in [6, 6.07) is 15.0. The first-order valence-corrected chi connectivity index (χ1v) is 9.52. The molecule has 0 atom stereocenters. The van der Waals surface area contributed by atoms with Crippen molar-refractivity contribution in [1.29, 1.82) is 0 Å². The van der Waals surface area contributed by atoms with Gasteiger partial charge in [0.25, 0.3) is 5.91 Å². The average Bonchev–Trinajstić information content (AvgIpc) is 3.26. The van der Waals surface area contributed by atoms with Crippen LogP contribution in [0, 0.1) is 0 Å². The van der Waals surface area contributed by atoms with Gasteiger partial charge in [-0.3, -0.25) is 19.1 Å². The quantitative estimate of drug-likeness (QED) is 0.558. The molecule has 4 nitrogen and oxygen atoms in total. The third-order valence-corrected chi connectivity index (χ3v) is 6.02. The summed E-state index contributed by atoms with van der Waals surface area (Å²) in [7, 11) is 0. The first-order valence-electron chi connectivity index (χ1n) is 8.36. The van der Waals surface area contributed by atoms with E-state index in [1.807, 2.05) is 60.3 Å². The molecule has 1 fully saturated rings. The number of hydrogen-bond acceptors (Lipinski definition) is 4. The molecule has 0 amide bonds. The van der Waals surface area contributed by atoms with Gasteiger partial charge in [0.1, 0.15) is 0 Å². The zero-order valence-electron chi connectivity index (χ0n) is 13.6. The van der Waals surface area contributed by atoms with Crippen molar-refractivity contribution in [3.05, 3.63) is 69.9 Å². The highest BCUT2D eigenvalue weighted by Gasteiger charge is 2.32. The first kappa shape index (κ1) is 14.9. The number of hydrogen-bond donors (Lipinski definition) is 0. The van der Waals surface area contributed by atoms with Crippen LogP contribution in [0.15, 0.2) is 53.3 Å². The third kappa shape index (κ3) is 2.12. The average molecular weight is 348 g/mol. The number of para-hydroxylation sites is 1. The van der Waals surface area contributed by atoms with Gasteiger partial charge in [-0.2, -0.15) is 0 Å². The second kappa shape index (κ2) is 5.58. The lowest BCUT2D eigenvalue weighted by atomic mass is 10.0. The van der Waals surface area contributed by atoms with E-state index in [2.05, 4.69) is 4.90 Å². The van der Waals surface area contributed by atoms with Gasteiger partial charge < -0.3 is 0 Å². The van der Waals surface area contributed by atoms with Crippen LogP contribution in [0.3, 0.4) is 0 Å². The third-order valence-electron chi connectivity index (χ3n) is 5.00. The lowest BCUT2D eigenvalue weighted by Gasteiger charge is -2.18. The number of carbonyl (C=O) groups is 1. The molecule has 2 aliphatic heterocycles. The van der Waals surface area contributed by atoms with Gasteiger partial charge in [-0.15, -0.1) is 11.8 Å². The maximum Gasteiger partial charge on any atom is 0.263 e. The summed E-state index contributed by atoms with van der Waals surface area (Å²) >= 11 is 1.88. The van der Waals surface area contributed by atoms with Crippen LogP contribution < -0.4 is 5.43 Å². The van der Waals surface area contributed by atoms with Crippen molar-refractivity contribution in [2.45, 2.75) is 6.54 Å². The van der Waals surface area contributed by atoms with Gasteiger partial charge in [0.05, 0.1) is 11.2 Å². The summed E-state index contributed by atoms with van der Waals surface area (Å²) in [5.74, 6) is 1.98. The molecule has 0 unspecified atom stereocenters. The number of benzene rings is 2. The predicted octanol–water partition coefficient (Wildman–Crippen LogP) is 3.18. The summed E-state index contributed by atoms with van der Waals surface area (Å²) in [6.45, 7) is 1.57. The van der Waals surface area contributed by atoms with Gasteiger partial charge in [0, 0.05) is 46.8 Å². The van der Waals surface area contributed by atoms with Crippen LogP contribution in [0.1, 0.15) is 15.9 Å². The maximum atomic E-state index is 13.2. The highest BCUT2D eigenvalue weighted by molar-refractivity contribution is 7.99. The lowest BCUT2D eigenvalue weighted by molar-refractivity contribution is 0.0973. The number of fused-ring (bicyclic) bond motifs is 5. The van der Waals surface area contributed by atoms with Crippen molar-refractivity contribution in [2.24, 2.45) is 0 Å². The molecule has 1 saturated heterocycles. The van der Waals surface area contributed by atoms with Crippen LogP contribution in [0.4, 0.5) is 0 Å². The Morgan fingerprint density at radius 2 is 1.72 bits per heavy atom. The minimum absolute atomic E-state index is 0.0427. The number of aromatic nitrogens is 1. The molecule has 0 spiro atoms. The van der Waals surface area contributed by atoms with Crippen molar-refractivity contribution in [1.82, 2.24) is 9.47 Å². The molecule has 5 heteroatoms. The Hall–Kier alpha value is -2.37. The summed E-state index contributed by atoms with van der Waals surface area (Å²) in [4.78, 5) is 28.6. The van der Waals surface area contributed by atoms with E-state index in [1.54, 1.807) is 4.57 Å². The van der Waals surface area contributed by atoms with Crippen molar-refractivity contribution < 1.29 is 4.79 Å². The molecule has 0 saturated carbocycles. The van der Waals surface area contributed by atoms with E-state index in [0.29, 0.717) is 23.0 Å². The molecule has 0 aliphatic carbocycles. The zero-order chi connectivity index (χ0) is 17.0. The molecule has 25 heavy (non-hydrogen) atoms. The monoisotopic (exact) mass is 348 g/mol. The molecule has 2 aliphatic rings. The SMILES string of the molecule is O=C1c2ccccc2-c2c(CN3CCSC3)c(=O)c3ccccc3n21. The molecule has 0 bridgehead atoms. The fourth-order valence-corrected chi connectivity index (χ4v) is 4.82. The summed E-state index contributed by atoms with van der Waals surface area (Å²) in [5.41, 5.74) is 3.81. The molecule has 0 N–H and O–H groups in total. The minimum Gasteiger partial charge on any atom is -0.289 e. The fraction of sp³-hybridized carbons (Fsp3) is 0.200. The highest BCUT2D eigenvalue weighted by Crippen LogP contribution is 2.36. The van der Waals surface area contributed by atoms with Gasteiger partial charge in [0.2, 0.25) is 0 Å². The second-order valence-electron chi connectivity index (χ2n) is 6.45. The molecule has 1 aromatic heterocycles. The van der Waals surface area contributed by atoms with Crippen LogP contribution in [0.25, 0.3) is 22.2 Å². The Morgan fingerprint density at radius 3 is 2.52 bits per heavy atom. The standard InChI is InChI=1S/C20H16N2O2S/c23-19-15-7-3-4-8-17(15)22-18(16(19)11-21-9-10-25-12-21)13-5-1-2-6-14(13)20(22)24/h1-8H,9-12H2. The van der Waals surface area contributed by atoms with Crippen LogP contribution >= 0.6 is 11.8 Å². The summed E-state index contributed by atoms with van der Waals surface area (Å²) < 4.78 is 1.74. The molecular weight excluding hydrogens is 332 g/mol. The molecule has 124 valence electrons. The number of carbonyl (C=O) groups excluding carboxylic acids is 1. The second-order valence-corrected chi connectivity index (χ2v) is 7.52.